The lowest BCUT2D eigenvalue weighted by Gasteiger charge is -2.12. The monoisotopic (exact) mass is 803 g/mol. The van der Waals surface area contributed by atoms with Gasteiger partial charge >= 0.3 is 0 Å². The lowest BCUT2D eigenvalue weighted by Crippen LogP contribution is -1.98. The minimum absolute atomic E-state index is 0.693. The molecule has 0 spiro atoms. The maximum Gasteiger partial charge on any atom is 0.160 e. The predicted octanol–water partition coefficient (Wildman–Crippen LogP) is 14.8. The van der Waals surface area contributed by atoms with Crippen LogP contribution in [0.25, 0.3) is 116 Å². The molecule has 0 amide bonds. The lowest BCUT2D eigenvalue weighted by molar-refractivity contribution is 1.15. The van der Waals surface area contributed by atoms with Gasteiger partial charge in [0.2, 0.25) is 0 Å². The molecule has 4 aromatic heterocycles. The normalized spacial score (nSPS) is 11.8. The van der Waals surface area contributed by atoms with Gasteiger partial charge in [0.15, 0.2) is 5.82 Å². The first-order chi connectivity index (χ1) is 31.3. The van der Waals surface area contributed by atoms with Crippen molar-refractivity contribution in [1.29, 1.82) is 0 Å². The van der Waals surface area contributed by atoms with Crippen molar-refractivity contribution < 1.29 is 0 Å². The third-order valence-corrected chi connectivity index (χ3v) is 12.6. The molecule has 0 aliphatic rings. The number of fused-ring (bicyclic) bond motifs is 10. The molecule has 0 saturated carbocycles. The zero-order valence-corrected chi connectivity index (χ0v) is 34.1. The van der Waals surface area contributed by atoms with E-state index in [2.05, 4.69) is 226 Å². The van der Waals surface area contributed by atoms with Crippen molar-refractivity contribution >= 4 is 65.4 Å². The molecule has 5 nitrogen and oxygen atoms in total. The van der Waals surface area contributed by atoms with E-state index in [-0.39, 0.29) is 0 Å². The highest BCUT2D eigenvalue weighted by atomic mass is 15.0. The fraction of sp³-hybridized carbons (Fsp3) is 0. The smallest absolute Gasteiger partial charge is 0.160 e. The predicted molar refractivity (Wildman–Crippen MR) is 261 cm³/mol. The van der Waals surface area contributed by atoms with Crippen molar-refractivity contribution in [3.63, 3.8) is 0 Å². The molecule has 4 heterocycles. The Labute approximate surface area is 363 Å². The molecule has 0 aliphatic carbocycles. The Kier molecular flexibility index (Phi) is 7.84. The van der Waals surface area contributed by atoms with Gasteiger partial charge in [0.05, 0.1) is 44.5 Å². The summed E-state index contributed by atoms with van der Waals surface area (Å²) in [4.78, 5) is 10.2. The maximum absolute atomic E-state index is 5.12. The fourth-order valence-electron chi connectivity index (χ4n) is 9.83. The van der Waals surface area contributed by atoms with Gasteiger partial charge in [-0.3, -0.25) is 0 Å². The molecule has 13 rings (SSSR count). The Morgan fingerprint density at radius 2 is 0.651 bits per heavy atom. The van der Waals surface area contributed by atoms with E-state index in [0.29, 0.717) is 5.82 Å². The summed E-state index contributed by atoms with van der Waals surface area (Å²) in [6.07, 6.45) is 0. The van der Waals surface area contributed by atoms with Gasteiger partial charge in [-0.2, -0.15) is 0 Å². The Morgan fingerprint density at radius 3 is 1.21 bits per heavy atom. The second kappa shape index (κ2) is 14.0. The van der Waals surface area contributed by atoms with Crippen LogP contribution in [-0.2, 0) is 0 Å². The van der Waals surface area contributed by atoms with Crippen LogP contribution < -0.4 is 0 Å². The van der Waals surface area contributed by atoms with Crippen molar-refractivity contribution in [3.8, 4) is 51.0 Å². The van der Waals surface area contributed by atoms with E-state index in [4.69, 9.17) is 9.97 Å². The van der Waals surface area contributed by atoms with Gasteiger partial charge in [-0.05, 0) is 78.9 Å². The molecule has 5 heteroatoms. The Balaban J connectivity index is 1.05. The van der Waals surface area contributed by atoms with Crippen LogP contribution in [0.15, 0.2) is 224 Å². The first-order valence-electron chi connectivity index (χ1n) is 21.4. The molecular formula is C58H37N5. The lowest BCUT2D eigenvalue weighted by atomic mass is 10.1. The second-order valence-electron chi connectivity index (χ2n) is 16.2. The Hall–Kier alpha value is -8.54. The minimum atomic E-state index is 0.693. The summed E-state index contributed by atoms with van der Waals surface area (Å²) in [5.41, 5.74) is 15.3. The van der Waals surface area contributed by atoms with Gasteiger partial charge in [-0.25, -0.2) is 9.97 Å². The van der Waals surface area contributed by atoms with Crippen LogP contribution in [-0.4, -0.2) is 23.7 Å². The third-order valence-electron chi connectivity index (χ3n) is 12.6. The van der Waals surface area contributed by atoms with Gasteiger partial charge in [-0.15, -0.1) is 0 Å². The molecule has 0 fully saturated rings. The summed E-state index contributed by atoms with van der Waals surface area (Å²) in [7, 11) is 0. The van der Waals surface area contributed by atoms with Gasteiger partial charge in [0, 0.05) is 66.1 Å². The van der Waals surface area contributed by atoms with E-state index >= 15 is 0 Å². The van der Waals surface area contributed by atoms with Crippen molar-refractivity contribution in [3.05, 3.63) is 224 Å². The van der Waals surface area contributed by atoms with Crippen LogP contribution in [0, 0.1) is 0 Å². The molecular weight excluding hydrogens is 767 g/mol. The highest BCUT2D eigenvalue weighted by Crippen LogP contribution is 2.44. The molecule has 294 valence electrons. The number of para-hydroxylation sites is 4. The summed E-state index contributed by atoms with van der Waals surface area (Å²) in [5, 5.41) is 7.29. The number of hydrogen-bond acceptors (Lipinski definition) is 2. The van der Waals surface area contributed by atoms with Crippen LogP contribution in [0.3, 0.4) is 0 Å². The van der Waals surface area contributed by atoms with E-state index in [9.17, 15) is 0 Å². The van der Waals surface area contributed by atoms with Gasteiger partial charge in [-0.1, -0.05) is 146 Å². The Morgan fingerprint density at radius 1 is 0.254 bits per heavy atom. The summed E-state index contributed by atoms with van der Waals surface area (Å²) in [6, 6.07) is 80.2. The van der Waals surface area contributed by atoms with Crippen LogP contribution in [0.5, 0.6) is 0 Å². The first-order valence-corrected chi connectivity index (χ1v) is 21.4. The SMILES string of the molecule is c1ccc(-c2cc(-c3ccccc3)nc(-c3ccc(-n4c5ccccc5c5cc6c(cc54)c4ccc5c7ccccc7n(-c7ccccc7)c5c4n6-c4ccccc4)cc3)n2)cc1. The number of aromatic nitrogens is 5. The van der Waals surface area contributed by atoms with Crippen molar-refractivity contribution in [1.82, 2.24) is 23.7 Å². The molecule has 0 unspecified atom stereocenters. The summed E-state index contributed by atoms with van der Waals surface area (Å²) in [6.45, 7) is 0. The third kappa shape index (κ3) is 5.50. The van der Waals surface area contributed by atoms with Crippen LogP contribution in [0.2, 0.25) is 0 Å². The largest absolute Gasteiger partial charge is 0.309 e. The first kappa shape index (κ1) is 35.2. The van der Waals surface area contributed by atoms with Crippen molar-refractivity contribution in [2.45, 2.75) is 0 Å². The maximum atomic E-state index is 5.12. The number of benzene rings is 9. The van der Waals surface area contributed by atoms with E-state index in [0.717, 1.165) is 56.2 Å². The highest BCUT2D eigenvalue weighted by molar-refractivity contribution is 6.26. The summed E-state index contributed by atoms with van der Waals surface area (Å²) >= 11 is 0. The molecule has 0 N–H and O–H groups in total. The standard InChI is InChI=1S/C58H37N5/c1-5-17-38(18-6-1)50-37-51(39-19-7-2-8-20-39)60-58(59-50)40-29-31-43(32-30-40)61-52-27-15-14-26-45(52)48-35-55-49(36-54(48)61)47-34-33-46-44-25-13-16-28-53(44)62(41-21-9-3-10-22-41)56(46)57(47)63(55)42-23-11-4-12-24-42/h1-37H. The van der Waals surface area contributed by atoms with E-state index in [1.165, 1.54) is 54.4 Å². The molecule has 0 atom stereocenters. The molecule has 0 radical (unpaired) electrons. The van der Waals surface area contributed by atoms with E-state index in [1.54, 1.807) is 0 Å². The average Bonchev–Trinajstić information content (AvgIpc) is 3.99. The molecule has 13 aromatic rings. The van der Waals surface area contributed by atoms with E-state index < -0.39 is 0 Å². The second-order valence-corrected chi connectivity index (χ2v) is 16.2. The zero-order valence-electron chi connectivity index (χ0n) is 34.1. The fourth-order valence-corrected chi connectivity index (χ4v) is 9.83. The van der Waals surface area contributed by atoms with Crippen molar-refractivity contribution in [2.75, 3.05) is 0 Å². The summed E-state index contributed by atoms with van der Waals surface area (Å²) < 4.78 is 7.35. The molecule has 9 aromatic carbocycles. The average molecular weight is 804 g/mol. The number of nitrogens with zero attached hydrogens (tertiary/aromatic N) is 5. The number of rotatable bonds is 6. The molecule has 0 aliphatic heterocycles. The van der Waals surface area contributed by atoms with Crippen LogP contribution >= 0.6 is 0 Å². The Bertz CT molecular complexity index is 3810. The topological polar surface area (TPSA) is 40.6 Å². The molecule has 0 bridgehead atoms. The van der Waals surface area contributed by atoms with Gasteiger partial charge in [0.1, 0.15) is 0 Å². The summed E-state index contributed by atoms with van der Waals surface area (Å²) in [5.74, 6) is 0.693. The van der Waals surface area contributed by atoms with Gasteiger partial charge < -0.3 is 13.7 Å². The van der Waals surface area contributed by atoms with E-state index in [1.807, 2.05) is 12.1 Å². The zero-order chi connectivity index (χ0) is 41.4. The minimum Gasteiger partial charge on any atom is -0.309 e. The molecule has 63 heavy (non-hydrogen) atoms. The molecule has 0 saturated heterocycles. The quantitative estimate of drug-likeness (QED) is 0.168. The van der Waals surface area contributed by atoms with Crippen molar-refractivity contribution in [2.24, 2.45) is 0 Å². The van der Waals surface area contributed by atoms with Crippen LogP contribution in [0.4, 0.5) is 0 Å². The van der Waals surface area contributed by atoms with Crippen LogP contribution in [0.1, 0.15) is 0 Å². The highest BCUT2D eigenvalue weighted by Gasteiger charge is 2.23. The number of hydrogen-bond donors (Lipinski definition) is 0. The van der Waals surface area contributed by atoms with Gasteiger partial charge in [0.25, 0.3) is 0 Å².